The predicted octanol–water partition coefficient (Wildman–Crippen LogP) is 3.57. The molecule has 0 aliphatic rings. The zero-order valence-electron chi connectivity index (χ0n) is 15.1. The normalized spacial score (nSPS) is 10.3. The van der Waals surface area contributed by atoms with Crippen LogP contribution in [0.2, 0.25) is 0 Å². The number of guanidine groups is 1. The number of aryl methyl sites for hydroxylation is 1. The number of hydrogen-bond donors (Lipinski definition) is 3. The van der Waals surface area contributed by atoms with Gasteiger partial charge in [0.25, 0.3) is 5.91 Å². The van der Waals surface area contributed by atoms with E-state index in [2.05, 4.69) is 17.1 Å². The Morgan fingerprint density at radius 1 is 1.19 bits per heavy atom. The van der Waals surface area contributed by atoms with Gasteiger partial charge in [0.15, 0.2) is 5.96 Å². The third-order valence-corrected chi connectivity index (χ3v) is 4.22. The molecule has 0 saturated carbocycles. The van der Waals surface area contributed by atoms with E-state index in [1.54, 1.807) is 6.07 Å². The number of nitrogens with zero attached hydrogens (tertiary/aromatic N) is 1. The zero-order chi connectivity index (χ0) is 18.5. The van der Waals surface area contributed by atoms with E-state index in [0.717, 1.165) is 28.6 Å². The predicted molar refractivity (Wildman–Crippen MR) is 110 cm³/mol. The van der Waals surface area contributed by atoms with Crippen molar-refractivity contribution in [1.82, 2.24) is 9.88 Å². The van der Waals surface area contributed by atoms with Crippen molar-refractivity contribution in [3.8, 4) is 5.75 Å². The van der Waals surface area contributed by atoms with Gasteiger partial charge in [-0.05, 0) is 30.5 Å². The minimum absolute atomic E-state index is 0. The van der Waals surface area contributed by atoms with E-state index < -0.39 is 0 Å². The highest BCUT2D eigenvalue weighted by molar-refractivity contribution is 6.06. The van der Waals surface area contributed by atoms with Crippen LogP contribution in [0.5, 0.6) is 5.75 Å². The first-order valence-corrected chi connectivity index (χ1v) is 8.47. The number of nitrogens with two attached hydrogens (primary N) is 1. The molecular weight excluding hydrogens is 364 g/mol. The fourth-order valence-electron chi connectivity index (χ4n) is 2.76. The van der Waals surface area contributed by atoms with Gasteiger partial charge in [0, 0.05) is 12.4 Å². The van der Waals surface area contributed by atoms with Crippen LogP contribution in [0.4, 0.5) is 0 Å². The highest BCUT2D eigenvalue weighted by Crippen LogP contribution is 2.26. The Morgan fingerprint density at radius 3 is 2.63 bits per heavy atom. The quantitative estimate of drug-likeness (QED) is 0.343. The third kappa shape index (κ3) is 4.80. The summed E-state index contributed by atoms with van der Waals surface area (Å²) in [6, 6.07) is 17.7. The smallest absolute Gasteiger partial charge is 0.276 e. The fraction of sp³-hybridized carbons (Fsp3) is 0.200. The molecule has 2 aromatic carbocycles. The third-order valence-electron chi connectivity index (χ3n) is 4.22. The first-order chi connectivity index (χ1) is 12.6. The Balaban J connectivity index is 0.00000261. The van der Waals surface area contributed by atoms with E-state index in [4.69, 9.17) is 15.9 Å². The van der Waals surface area contributed by atoms with Crippen LogP contribution in [-0.4, -0.2) is 35.4 Å². The second-order valence-electron chi connectivity index (χ2n) is 6.09. The van der Waals surface area contributed by atoms with Gasteiger partial charge in [-0.3, -0.25) is 15.1 Å². The first kappa shape index (κ1) is 20.3. The molecule has 0 bridgehead atoms. The zero-order valence-corrected chi connectivity index (χ0v) is 15.9. The van der Waals surface area contributed by atoms with Crippen LogP contribution < -0.4 is 10.5 Å². The standard InChI is InChI=1S/C20H22N4O2.ClH/c1-24(20(21)22)19(25)16-13-15-10-5-11-17(18(15)23-16)26-12-6-9-14-7-3-2-4-8-14;/h2-5,7-8,10-11,13,23H,6,9,12H2,1H3,(H3,21,22);1H. The number of H-pyrrole nitrogens is 1. The van der Waals surface area contributed by atoms with Crippen molar-refractivity contribution in [3.63, 3.8) is 0 Å². The molecule has 4 N–H and O–H groups in total. The number of nitrogens with one attached hydrogen (secondary N) is 2. The van der Waals surface area contributed by atoms with Gasteiger partial charge in [0.05, 0.1) is 12.1 Å². The largest absolute Gasteiger partial charge is 0.491 e. The van der Waals surface area contributed by atoms with E-state index in [0.29, 0.717) is 18.1 Å². The summed E-state index contributed by atoms with van der Waals surface area (Å²) in [5.74, 6) is 0.0508. The topological polar surface area (TPSA) is 95.2 Å². The highest BCUT2D eigenvalue weighted by Gasteiger charge is 2.17. The Morgan fingerprint density at radius 2 is 1.93 bits per heavy atom. The summed E-state index contributed by atoms with van der Waals surface area (Å²) in [6.07, 6.45) is 1.86. The van der Waals surface area contributed by atoms with Crippen molar-refractivity contribution in [1.29, 1.82) is 5.41 Å². The van der Waals surface area contributed by atoms with Crippen molar-refractivity contribution >= 4 is 35.2 Å². The van der Waals surface area contributed by atoms with Crippen molar-refractivity contribution < 1.29 is 9.53 Å². The molecule has 3 aromatic rings. The lowest BCUT2D eigenvalue weighted by atomic mass is 10.1. The van der Waals surface area contributed by atoms with Crippen LogP contribution in [0.15, 0.2) is 54.6 Å². The Bertz CT molecular complexity index is 924. The van der Waals surface area contributed by atoms with Crippen LogP contribution in [0, 0.1) is 5.41 Å². The molecule has 1 amide bonds. The van der Waals surface area contributed by atoms with Gasteiger partial charge in [0.2, 0.25) is 0 Å². The first-order valence-electron chi connectivity index (χ1n) is 8.47. The lowest BCUT2D eigenvalue weighted by Gasteiger charge is -2.12. The molecule has 6 nitrogen and oxygen atoms in total. The summed E-state index contributed by atoms with van der Waals surface area (Å²) in [5, 5.41) is 8.26. The number of fused-ring (bicyclic) bond motifs is 1. The summed E-state index contributed by atoms with van der Waals surface area (Å²) in [7, 11) is 1.47. The summed E-state index contributed by atoms with van der Waals surface area (Å²) in [6.45, 7) is 0.587. The molecule has 0 radical (unpaired) electrons. The minimum Gasteiger partial charge on any atom is -0.491 e. The van der Waals surface area contributed by atoms with Gasteiger partial charge >= 0.3 is 0 Å². The van der Waals surface area contributed by atoms with E-state index in [9.17, 15) is 4.79 Å². The monoisotopic (exact) mass is 386 g/mol. The number of ether oxygens (including phenoxy) is 1. The van der Waals surface area contributed by atoms with Gasteiger partial charge in [0.1, 0.15) is 11.4 Å². The number of aromatic nitrogens is 1. The molecular formula is C20H23ClN4O2. The van der Waals surface area contributed by atoms with Crippen molar-refractivity contribution in [3.05, 3.63) is 65.9 Å². The van der Waals surface area contributed by atoms with Crippen LogP contribution in [0.25, 0.3) is 10.9 Å². The lowest BCUT2D eigenvalue weighted by Crippen LogP contribution is -2.38. The highest BCUT2D eigenvalue weighted by atomic mass is 35.5. The average molecular weight is 387 g/mol. The molecule has 0 saturated heterocycles. The molecule has 7 heteroatoms. The van der Waals surface area contributed by atoms with Crippen molar-refractivity contribution in [2.75, 3.05) is 13.7 Å². The van der Waals surface area contributed by atoms with E-state index in [-0.39, 0.29) is 24.3 Å². The van der Waals surface area contributed by atoms with Gasteiger partial charge in [-0.25, -0.2) is 0 Å². The number of hydrogen-bond acceptors (Lipinski definition) is 3. The molecule has 142 valence electrons. The number of halogens is 1. The molecule has 1 aromatic heterocycles. The van der Waals surface area contributed by atoms with E-state index in [1.807, 2.05) is 36.4 Å². The van der Waals surface area contributed by atoms with E-state index >= 15 is 0 Å². The van der Waals surface area contributed by atoms with Gasteiger partial charge in [-0.1, -0.05) is 42.5 Å². The summed E-state index contributed by atoms with van der Waals surface area (Å²) < 4.78 is 5.92. The number of amides is 1. The second kappa shape index (κ2) is 9.09. The summed E-state index contributed by atoms with van der Waals surface area (Å²) in [5.41, 5.74) is 7.81. The van der Waals surface area contributed by atoms with Gasteiger partial charge in [-0.15, -0.1) is 12.4 Å². The maximum absolute atomic E-state index is 12.3. The van der Waals surface area contributed by atoms with Gasteiger partial charge in [-0.2, -0.15) is 0 Å². The molecule has 1 heterocycles. The number of carbonyl (C=O) groups excluding carboxylic acids is 1. The van der Waals surface area contributed by atoms with E-state index in [1.165, 1.54) is 12.6 Å². The molecule has 0 spiro atoms. The molecule has 0 aliphatic heterocycles. The maximum atomic E-state index is 12.3. The van der Waals surface area contributed by atoms with Crippen LogP contribution in [0.3, 0.4) is 0 Å². The number of benzene rings is 2. The lowest BCUT2D eigenvalue weighted by molar-refractivity contribution is 0.0864. The fourth-order valence-corrected chi connectivity index (χ4v) is 2.76. The maximum Gasteiger partial charge on any atom is 0.276 e. The van der Waals surface area contributed by atoms with Crippen molar-refractivity contribution in [2.45, 2.75) is 12.8 Å². The number of aromatic amines is 1. The average Bonchev–Trinajstić information content (AvgIpc) is 3.09. The van der Waals surface area contributed by atoms with Crippen LogP contribution in [0.1, 0.15) is 22.5 Å². The molecule has 0 unspecified atom stereocenters. The minimum atomic E-state index is -0.358. The second-order valence-corrected chi connectivity index (χ2v) is 6.09. The van der Waals surface area contributed by atoms with Crippen molar-refractivity contribution in [2.24, 2.45) is 5.73 Å². The molecule has 27 heavy (non-hydrogen) atoms. The van der Waals surface area contributed by atoms with Crippen LogP contribution in [-0.2, 0) is 6.42 Å². The summed E-state index contributed by atoms with van der Waals surface area (Å²) >= 11 is 0. The molecule has 0 aliphatic carbocycles. The van der Waals surface area contributed by atoms with Crippen LogP contribution >= 0.6 is 12.4 Å². The number of para-hydroxylation sites is 1. The number of carbonyl (C=O) groups is 1. The molecule has 0 atom stereocenters. The van der Waals surface area contributed by atoms with Gasteiger partial charge < -0.3 is 15.5 Å². The molecule has 0 fully saturated rings. The summed E-state index contributed by atoms with van der Waals surface area (Å²) in [4.78, 5) is 16.5. The molecule has 3 rings (SSSR count). The Kier molecular flexibility index (Phi) is 6.85. The Labute approximate surface area is 164 Å². The Hall–Kier alpha value is -2.99. The SMILES string of the molecule is CN(C(=N)N)C(=O)c1cc2cccc(OCCCc3ccccc3)c2[nH]1.Cl. The number of rotatable bonds is 6.